The van der Waals surface area contributed by atoms with Crippen LogP contribution in [0.3, 0.4) is 0 Å². The summed E-state index contributed by atoms with van der Waals surface area (Å²) in [6.45, 7) is 12.6. The third-order valence-corrected chi connectivity index (χ3v) is 4.47. The third kappa shape index (κ3) is 3.79. The number of ether oxygens (including phenoxy) is 1. The molecule has 4 heteroatoms. The Morgan fingerprint density at radius 1 is 1.44 bits per heavy atom. The molecule has 1 fully saturated rings. The molecule has 1 aliphatic rings. The summed E-state index contributed by atoms with van der Waals surface area (Å²) in [6.07, 6.45) is 0. The minimum Gasteiger partial charge on any atom is -0.378 e. The number of hydrogen-bond acceptors (Lipinski definition) is 4. The normalized spacial score (nSPS) is 20.2. The molecule has 0 amide bonds. The Bertz CT molecular complexity index is 376. The van der Waals surface area contributed by atoms with Crippen molar-refractivity contribution in [2.24, 2.45) is 0 Å². The maximum atomic E-state index is 5.53. The maximum Gasteiger partial charge on any atom is 0.0645 e. The number of hydrogen-bond donors (Lipinski definition) is 1. The molecule has 18 heavy (non-hydrogen) atoms. The first-order chi connectivity index (χ1) is 8.58. The fourth-order valence-electron chi connectivity index (χ4n) is 2.31. The van der Waals surface area contributed by atoms with E-state index in [1.54, 1.807) is 0 Å². The second-order valence-corrected chi connectivity index (χ2v) is 6.91. The minimum atomic E-state index is 0.180. The van der Waals surface area contributed by atoms with Crippen LogP contribution < -0.4 is 5.32 Å². The van der Waals surface area contributed by atoms with Crippen LogP contribution in [-0.4, -0.2) is 43.3 Å². The Hall–Kier alpha value is -0.420. The third-order valence-electron chi connectivity index (χ3n) is 3.47. The van der Waals surface area contributed by atoms with Gasteiger partial charge in [0.2, 0.25) is 0 Å². The highest BCUT2D eigenvalue weighted by atomic mass is 32.1. The van der Waals surface area contributed by atoms with E-state index in [2.05, 4.69) is 43.1 Å². The largest absolute Gasteiger partial charge is 0.378 e. The van der Waals surface area contributed by atoms with Crippen molar-refractivity contribution in [1.29, 1.82) is 0 Å². The van der Waals surface area contributed by atoms with Crippen LogP contribution in [0.2, 0.25) is 0 Å². The molecular weight excluding hydrogens is 244 g/mol. The van der Waals surface area contributed by atoms with Crippen LogP contribution in [0.5, 0.6) is 0 Å². The van der Waals surface area contributed by atoms with Gasteiger partial charge in [-0.15, -0.1) is 11.3 Å². The summed E-state index contributed by atoms with van der Waals surface area (Å²) in [7, 11) is 0. The SMILES string of the molecule is Cc1ccc(CNCCN2CCOCC2(C)C)s1. The molecule has 0 aliphatic carbocycles. The Morgan fingerprint density at radius 3 is 2.94 bits per heavy atom. The maximum absolute atomic E-state index is 5.53. The monoisotopic (exact) mass is 268 g/mol. The highest BCUT2D eigenvalue weighted by Crippen LogP contribution is 2.18. The van der Waals surface area contributed by atoms with Gasteiger partial charge in [0.05, 0.1) is 13.2 Å². The first-order valence-corrected chi connectivity index (χ1v) is 7.48. The number of nitrogens with one attached hydrogen (secondary N) is 1. The second-order valence-electron chi connectivity index (χ2n) is 5.54. The number of morpholine rings is 1. The fraction of sp³-hybridized carbons (Fsp3) is 0.714. The highest BCUT2D eigenvalue weighted by Gasteiger charge is 2.29. The molecule has 2 rings (SSSR count). The summed E-state index contributed by atoms with van der Waals surface area (Å²) < 4.78 is 5.53. The van der Waals surface area contributed by atoms with Gasteiger partial charge >= 0.3 is 0 Å². The number of thiophene rings is 1. The number of nitrogens with zero attached hydrogens (tertiary/aromatic N) is 1. The van der Waals surface area contributed by atoms with Crippen LogP contribution in [0.1, 0.15) is 23.6 Å². The van der Waals surface area contributed by atoms with E-state index >= 15 is 0 Å². The molecule has 0 bridgehead atoms. The van der Waals surface area contributed by atoms with Crippen molar-refractivity contribution >= 4 is 11.3 Å². The lowest BCUT2D eigenvalue weighted by molar-refractivity contribution is -0.0500. The van der Waals surface area contributed by atoms with E-state index in [0.29, 0.717) is 0 Å². The molecule has 0 unspecified atom stereocenters. The summed E-state index contributed by atoms with van der Waals surface area (Å²) in [4.78, 5) is 5.33. The summed E-state index contributed by atoms with van der Waals surface area (Å²) >= 11 is 1.88. The van der Waals surface area contributed by atoms with Crippen LogP contribution in [-0.2, 0) is 11.3 Å². The number of rotatable bonds is 5. The van der Waals surface area contributed by atoms with E-state index in [1.165, 1.54) is 9.75 Å². The molecule has 0 aromatic carbocycles. The molecule has 3 nitrogen and oxygen atoms in total. The predicted molar refractivity (Wildman–Crippen MR) is 77.2 cm³/mol. The summed E-state index contributed by atoms with van der Waals surface area (Å²) in [5.74, 6) is 0. The summed E-state index contributed by atoms with van der Waals surface area (Å²) in [5.41, 5.74) is 0.180. The van der Waals surface area contributed by atoms with Crippen molar-refractivity contribution in [3.63, 3.8) is 0 Å². The molecule has 1 aliphatic heterocycles. The molecule has 0 radical (unpaired) electrons. The van der Waals surface area contributed by atoms with Crippen LogP contribution in [0.25, 0.3) is 0 Å². The molecule has 1 N–H and O–H groups in total. The van der Waals surface area contributed by atoms with E-state index in [0.717, 1.165) is 39.4 Å². The van der Waals surface area contributed by atoms with Gasteiger partial charge in [-0.2, -0.15) is 0 Å². The molecule has 1 saturated heterocycles. The average molecular weight is 268 g/mol. The van der Waals surface area contributed by atoms with Gasteiger partial charge in [0, 0.05) is 41.5 Å². The Morgan fingerprint density at radius 2 is 2.28 bits per heavy atom. The van der Waals surface area contributed by atoms with E-state index in [4.69, 9.17) is 4.74 Å². The van der Waals surface area contributed by atoms with Crippen molar-refractivity contribution in [1.82, 2.24) is 10.2 Å². The zero-order valence-corrected chi connectivity index (χ0v) is 12.5. The first-order valence-electron chi connectivity index (χ1n) is 6.67. The molecule has 1 aromatic rings. The second kappa shape index (κ2) is 6.15. The van der Waals surface area contributed by atoms with E-state index < -0.39 is 0 Å². The molecular formula is C14H24N2OS. The van der Waals surface area contributed by atoms with Gasteiger partial charge in [-0.25, -0.2) is 0 Å². The lowest BCUT2D eigenvalue weighted by Crippen LogP contribution is -2.54. The van der Waals surface area contributed by atoms with E-state index in [-0.39, 0.29) is 5.54 Å². The average Bonchev–Trinajstić information content (AvgIpc) is 2.72. The Kier molecular flexibility index (Phi) is 4.78. The van der Waals surface area contributed by atoms with Crippen LogP contribution in [0, 0.1) is 6.92 Å². The zero-order chi connectivity index (χ0) is 13.0. The van der Waals surface area contributed by atoms with Gasteiger partial charge in [-0.1, -0.05) is 0 Å². The molecule has 2 heterocycles. The standard InChI is InChI=1S/C14H24N2OS/c1-12-4-5-13(18-12)10-15-6-7-16-8-9-17-11-14(16,2)3/h4-5,15H,6-11H2,1-3H3. The van der Waals surface area contributed by atoms with Crippen LogP contribution in [0.15, 0.2) is 12.1 Å². The highest BCUT2D eigenvalue weighted by molar-refractivity contribution is 7.11. The lowest BCUT2D eigenvalue weighted by Gasteiger charge is -2.42. The molecule has 102 valence electrons. The van der Waals surface area contributed by atoms with Crippen molar-refractivity contribution < 1.29 is 4.74 Å². The predicted octanol–water partition coefficient (Wildman–Crippen LogP) is 2.26. The molecule has 0 atom stereocenters. The van der Waals surface area contributed by atoms with E-state index in [1.807, 2.05) is 11.3 Å². The summed E-state index contributed by atoms with van der Waals surface area (Å²) in [5, 5.41) is 3.53. The molecule has 1 aromatic heterocycles. The van der Waals surface area contributed by atoms with E-state index in [9.17, 15) is 0 Å². The first kappa shape index (κ1) is 14.0. The van der Waals surface area contributed by atoms with Gasteiger partial charge < -0.3 is 10.1 Å². The van der Waals surface area contributed by atoms with Crippen molar-refractivity contribution in [3.05, 3.63) is 21.9 Å². The topological polar surface area (TPSA) is 24.5 Å². The van der Waals surface area contributed by atoms with Gasteiger partial charge in [0.1, 0.15) is 0 Å². The van der Waals surface area contributed by atoms with Crippen LogP contribution in [0.4, 0.5) is 0 Å². The fourth-order valence-corrected chi connectivity index (χ4v) is 3.17. The number of aryl methyl sites for hydroxylation is 1. The molecule has 0 spiro atoms. The smallest absolute Gasteiger partial charge is 0.0645 e. The van der Waals surface area contributed by atoms with Crippen molar-refractivity contribution in [3.8, 4) is 0 Å². The quantitative estimate of drug-likeness (QED) is 0.829. The minimum absolute atomic E-state index is 0.180. The lowest BCUT2D eigenvalue weighted by atomic mass is 10.0. The van der Waals surface area contributed by atoms with Crippen molar-refractivity contribution in [2.75, 3.05) is 32.8 Å². The zero-order valence-electron chi connectivity index (χ0n) is 11.7. The summed E-state index contributed by atoms with van der Waals surface area (Å²) in [6, 6.07) is 4.40. The Labute approximate surface area is 114 Å². The Balaban J connectivity index is 1.68. The van der Waals surface area contributed by atoms with Gasteiger partial charge in [-0.3, -0.25) is 4.90 Å². The molecule has 0 saturated carbocycles. The van der Waals surface area contributed by atoms with Gasteiger partial charge in [0.15, 0.2) is 0 Å². The van der Waals surface area contributed by atoms with Gasteiger partial charge in [-0.05, 0) is 32.9 Å². The van der Waals surface area contributed by atoms with Gasteiger partial charge in [0.25, 0.3) is 0 Å². The van der Waals surface area contributed by atoms with Crippen LogP contribution >= 0.6 is 11.3 Å². The van der Waals surface area contributed by atoms with Crippen molar-refractivity contribution in [2.45, 2.75) is 32.9 Å².